The Labute approximate surface area is 87.6 Å². The van der Waals surface area contributed by atoms with E-state index in [1.54, 1.807) is 6.08 Å². The molecule has 0 aromatic heterocycles. The molecule has 1 atom stereocenters. The molecule has 1 saturated carbocycles. The molecule has 0 aliphatic heterocycles. The molecule has 1 rings (SSSR count). The van der Waals surface area contributed by atoms with E-state index in [0.29, 0.717) is 23.5 Å². The van der Waals surface area contributed by atoms with Gasteiger partial charge in [0.1, 0.15) is 5.78 Å². The van der Waals surface area contributed by atoms with Crippen molar-refractivity contribution in [2.45, 2.75) is 52.4 Å². The highest BCUT2D eigenvalue weighted by Gasteiger charge is 2.28. The molecule has 0 spiro atoms. The minimum Gasteiger partial charge on any atom is -0.299 e. The SMILES string of the molecule is C=CCC(=O)CC1CCCC(C)(C)C1. The van der Waals surface area contributed by atoms with Crippen LogP contribution in [0.15, 0.2) is 12.7 Å². The molecule has 0 saturated heterocycles. The maximum absolute atomic E-state index is 11.5. The minimum atomic E-state index is 0.364. The summed E-state index contributed by atoms with van der Waals surface area (Å²) in [6.07, 6.45) is 8.11. The van der Waals surface area contributed by atoms with E-state index in [1.165, 1.54) is 25.7 Å². The molecule has 1 nitrogen and oxygen atoms in total. The molecule has 80 valence electrons. The summed E-state index contributed by atoms with van der Waals surface area (Å²) >= 11 is 0. The topological polar surface area (TPSA) is 17.1 Å². The van der Waals surface area contributed by atoms with E-state index in [0.717, 1.165) is 6.42 Å². The molecule has 0 bridgehead atoms. The lowest BCUT2D eigenvalue weighted by atomic mass is 9.71. The van der Waals surface area contributed by atoms with Gasteiger partial charge >= 0.3 is 0 Å². The van der Waals surface area contributed by atoms with Crippen LogP contribution in [0.4, 0.5) is 0 Å². The van der Waals surface area contributed by atoms with Crippen molar-refractivity contribution in [2.75, 3.05) is 0 Å². The lowest BCUT2D eigenvalue weighted by molar-refractivity contribution is -0.119. The van der Waals surface area contributed by atoms with Gasteiger partial charge in [-0.1, -0.05) is 26.3 Å². The molecule has 1 unspecified atom stereocenters. The second kappa shape index (κ2) is 4.77. The molecule has 1 heteroatoms. The number of ketones is 1. The molecule has 0 N–H and O–H groups in total. The van der Waals surface area contributed by atoms with Crippen LogP contribution in [-0.4, -0.2) is 5.78 Å². The number of Topliss-reactive ketones (excluding diaryl/α,β-unsaturated/α-hetero) is 1. The molecule has 0 amide bonds. The summed E-state index contributed by atoms with van der Waals surface area (Å²) in [4.78, 5) is 11.5. The van der Waals surface area contributed by atoms with Gasteiger partial charge in [-0.25, -0.2) is 0 Å². The summed E-state index contributed by atoms with van der Waals surface area (Å²) < 4.78 is 0. The summed E-state index contributed by atoms with van der Waals surface area (Å²) in [6.45, 7) is 8.23. The fourth-order valence-corrected chi connectivity index (χ4v) is 2.60. The van der Waals surface area contributed by atoms with Crippen LogP contribution in [0.5, 0.6) is 0 Å². The highest BCUT2D eigenvalue weighted by atomic mass is 16.1. The van der Waals surface area contributed by atoms with Crippen LogP contribution in [0.2, 0.25) is 0 Å². The Morgan fingerprint density at radius 2 is 2.29 bits per heavy atom. The molecule has 14 heavy (non-hydrogen) atoms. The van der Waals surface area contributed by atoms with Crippen LogP contribution in [0, 0.1) is 11.3 Å². The fourth-order valence-electron chi connectivity index (χ4n) is 2.60. The second-order valence-corrected chi connectivity index (χ2v) is 5.36. The van der Waals surface area contributed by atoms with E-state index in [2.05, 4.69) is 20.4 Å². The largest absolute Gasteiger partial charge is 0.299 e. The van der Waals surface area contributed by atoms with E-state index in [-0.39, 0.29) is 0 Å². The predicted octanol–water partition coefficient (Wildman–Crippen LogP) is 3.74. The molecule has 1 fully saturated rings. The molecule has 0 heterocycles. The van der Waals surface area contributed by atoms with Crippen molar-refractivity contribution in [2.24, 2.45) is 11.3 Å². The summed E-state index contributed by atoms with van der Waals surface area (Å²) in [5, 5.41) is 0. The molecule has 1 aliphatic rings. The zero-order chi connectivity index (χ0) is 10.6. The van der Waals surface area contributed by atoms with Crippen molar-refractivity contribution in [3.63, 3.8) is 0 Å². The Morgan fingerprint density at radius 3 is 2.86 bits per heavy atom. The standard InChI is InChI=1S/C13H22O/c1-4-6-12(14)9-11-7-5-8-13(2,3)10-11/h4,11H,1,5-10H2,2-3H3. The number of carbonyl (C=O) groups excluding carboxylic acids is 1. The number of hydrogen-bond acceptors (Lipinski definition) is 1. The van der Waals surface area contributed by atoms with Crippen LogP contribution >= 0.6 is 0 Å². The van der Waals surface area contributed by atoms with Gasteiger partial charge in [0.2, 0.25) is 0 Å². The number of allylic oxidation sites excluding steroid dienone is 1. The van der Waals surface area contributed by atoms with Gasteiger partial charge in [0.25, 0.3) is 0 Å². The first kappa shape index (κ1) is 11.5. The Hall–Kier alpha value is -0.590. The van der Waals surface area contributed by atoms with Crippen LogP contribution in [0.3, 0.4) is 0 Å². The molecular weight excluding hydrogens is 172 g/mol. The van der Waals surface area contributed by atoms with Crippen LogP contribution in [0.1, 0.15) is 52.4 Å². The van der Waals surface area contributed by atoms with Gasteiger partial charge in [-0.05, 0) is 30.6 Å². The average Bonchev–Trinajstić information content (AvgIpc) is 2.02. The average molecular weight is 194 g/mol. The van der Waals surface area contributed by atoms with Gasteiger partial charge in [0.15, 0.2) is 0 Å². The monoisotopic (exact) mass is 194 g/mol. The summed E-state index contributed by atoms with van der Waals surface area (Å²) in [5.41, 5.74) is 0.456. The highest BCUT2D eigenvalue weighted by molar-refractivity contribution is 5.79. The minimum absolute atomic E-state index is 0.364. The van der Waals surface area contributed by atoms with Gasteiger partial charge < -0.3 is 0 Å². The van der Waals surface area contributed by atoms with Crippen molar-refractivity contribution < 1.29 is 4.79 Å². The Balaban J connectivity index is 2.37. The van der Waals surface area contributed by atoms with E-state index in [4.69, 9.17) is 0 Å². The maximum Gasteiger partial charge on any atom is 0.136 e. The normalized spacial score (nSPS) is 25.7. The van der Waals surface area contributed by atoms with Crippen molar-refractivity contribution in [1.82, 2.24) is 0 Å². The lowest BCUT2D eigenvalue weighted by Gasteiger charge is -2.34. The summed E-state index contributed by atoms with van der Waals surface area (Å²) in [7, 11) is 0. The fraction of sp³-hybridized carbons (Fsp3) is 0.769. The van der Waals surface area contributed by atoms with Crippen molar-refractivity contribution in [3.8, 4) is 0 Å². The number of hydrogen-bond donors (Lipinski definition) is 0. The zero-order valence-corrected chi connectivity index (χ0v) is 9.51. The molecule has 0 radical (unpaired) electrons. The zero-order valence-electron chi connectivity index (χ0n) is 9.51. The number of rotatable bonds is 4. The van der Waals surface area contributed by atoms with E-state index < -0.39 is 0 Å². The first-order valence-electron chi connectivity index (χ1n) is 5.66. The Bertz CT molecular complexity index is 215. The third kappa shape index (κ3) is 3.65. The van der Waals surface area contributed by atoms with Crippen molar-refractivity contribution in [1.29, 1.82) is 0 Å². The van der Waals surface area contributed by atoms with Crippen LogP contribution < -0.4 is 0 Å². The maximum atomic E-state index is 11.5. The summed E-state index contributed by atoms with van der Waals surface area (Å²) in [5.74, 6) is 0.994. The van der Waals surface area contributed by atoms with E-state index >= 15 is 0 Å². The second-order valence-electron chi connectivity index (χ2n) is 5.36. The predicted molar refractivity (Wildman–Crippen MR) is 60.2 cm³/mol. The van der Waals surface area contributed by atoms with Gasteiger partial charge in [-0.2, -0.15) is 0 Å². The third-order valence-corrected chi connectivity index (χ3v) is 3.20. The first-order valence-corrected chi connectivity index (χ1v) is 5.66. The Kier molecular flexibility index (Phi) is 3.91. The first-order chi connectivity index (χ1) is 6.53. The molecular formula is C13H22O. The smallest absolute Gasteiger partial charge is 0.136 e. The molecule has 1 aliphatic carbocycles. The van der Waals surface area contributed by atoms with E-state index in [1.807, 2.05) is 0 Å². The van der Waals surface area contributed by atoms with Gasteiger partial charge in [-0.15, -0.1) is 6.58 Å². The van der Waals surface area contributed by atoms with Crippen molar-refractivity contribution >= 4 is 5.78 Å². The van der Waals surface area contributed by atoms with E-state index in [9.17, 15) is 4.79 Å². The van der Waals surface area contributed by atoms with Crippen LogP contribution in [0.25, 0.3) is 0 Å². The van der Waals surface area contributed by atoms with Gasteiger partial charge in [-0.3, -0.25) is 4.79 Å². The summed E-state index contributed by atoms with van der Waals surface area (Å²) in [6, 6.07) is 0. The Morgan fingerprint density at radius 1 is 1.57 bits per heavy atom. The third-order valence-electron chi connectivity index (χ3n) is 3.20. The quantitative estimate of drug-likeness (QED) is 0.623. The molecule has 0 aromatic carbocycles. The highest BCUT2D eigenvalue weighted by Crippen LogP contribution is 2.39. The van der Waals surface area contributed by atoms with Crippen molar-refractivity contribution in [3.05, 3.63) is 12.7 Å². The molecule has 0 aromatic rings. The van der Waals surface area contributed by atoms with Crippen LogP contribution in [-0.2, 0) is 4.79 Å². The lowest BCUT2D eigenvalue weighted by Crippen LogP contribution is -2.24. The van der Waals surface area contributed by atoms with Gasteiger partial charge in [0.05, 0.1) is 0 Å². The number of carbonyl (C=O) groups is 1. The van der Waals surface area contributed by atoms with Gasteiger partial charge in [0, 0.05) is 12.8 Å².